The van der Waals surface area contributed by atoms with E-state index in [2.05, 4.69) is 17.1 Å². The summed E-state index contributed by atoms with van der Waals surface area (Å²) in [4.78, 5) is 16.7. The second-order valence-corrected chi connectivity index (χ2v) is 6.51. The summed E-state index contributed by atoms with van der Waals surface area (Å²) in [7, 11) is 0. The van der Waals surface area contributed by atoms with Crippen molar-refractivity contribution in [1.82, 2.24) is 4.98 Å². The second-order valence-electron chi connectivity index (χ2n) is 5.65. The van der Waals surface area contributed by atoms with Crippen LogP contribution in [0.25, 0.3) is 10.6 Å². The van der Waals surface area contributed by atoms with Crippen LogP contribution in [0.3, 0.4) is 0 Å². The minimum Gasteiger partial charge on any atom is -0.456 e. The highest BCUT2D eigenvalue weighted by atomic mass is 32.1. The van der Waals surface area contributed by atoms with E-state index in [-0.39, 0.29) is 13.4 Å². The molecule has 1 aliphatic heterocycles. The van der Waals surface area contributed by atoms with E-state index in [0.29, 0.717) is 17.1 Å². The van der Waals surface area contributed by atoms with Crippen LogP contribution in [-0.4, -0.2) is 17.7 Å². The van der Waals surface area contributed by atoms with Gasteiger partial charge in [0.15, 0.2) is 11.5 Å². The largest absolute Gasteiger partial charge is 0.456 e. The maximum Gasteiger partial charge on any atom is 0.338 e. The number of nitrogens with zero attached hydrogens (tertiary/aromatic N) is 1. The summed E-state index contributed by atoms with van der Waals surface area (Å²) >= 11 is 1.53. The van der Waals surface area contributed by atoms with Crippen LogP contribution in [0.4, 0.5) is 0 Å². The lowest BCUT2D eigenvalue weighted by Crippen LogP contribution is -2.05. The number of aromatic nitrogens is 1. The molecule has 0 saturated carbocycles. The maximum atomic E-state index is 12.2. The van der Waals surface area contributed by atoms with Gasteiger partial charge in [-0.2, -0.15) is 0 Å². The Balaban J connectivity index is 1.41. The van der Waals surface area contributed by atoms with E-state index in [9.17, 15) is 4.79 Å². The molecule has 25 heavy (non-hydrogen) atoms. The Hall–Kier alpha value is -2.86. The van der Waals surface area contributed by atoms with Gasteiger partial charge in [-0.25, -0.2) is 9.78 Å². The van der Waals surface area contributed by atoms with Crippen molar-refractivity contribution in [3.8, 4) is 22.1 Å². The molecule has 0 spiro atoms. The van der Waals surface area contributed by atoms with Gasteiger partial charge in [0.2, 0.25) is 6.79 Å². The third-order valence-corrected chi connectivity index (χ3v) is 4.75. The monoisotopic (exact) mass is 353 g/mol. The number of fused-ring (bicyclic) bond motifs is 1. The second kappa shape index (κ2) is 6.57. The van der Waals surface area contributed by atoms with Gasteiger partial charge < -0.3 is 14.2 Å². The number of esters is 1. The molecule has 4 rings (SSSR count). The number of carbonyl (C=O) groups is 1. The van der Waals surface area contributed by atoms with Gasteiger partial charge in [0.25, 0.3) is 0 Å². The van der Waals surface area contributed by atoms with E-state index in [1.807, 2.05) is 24.4 Å². The molecule has 1 aromatic heterocycles. The summed E-state index contributed by atoms with van der Waals surface area (Å²) in [6.07, 6.45) is 0. The smallest absolute Gasteiger partial charge is 0.338 e. The number of thiazole rings is 1. The molecule has 0 atom stereocenters. The Morgan fingerprint density at radius 3 is 2.80 bits per heavy atom. The molecule has 3 aromatic rings. The summed E-state index contributed by atoms with van der Waals surface area (Å²) in [5.74, 6) is 0.784. The summed E-state index contributed by atoms with van der Waals surface area (Å²) in [6.45, 7) is 2.36. The number of rotatable bonds is 4. The number of hydrogen-bond donors (Lipinski definition) is 0. The fourth-order valence-corrected chi connectivity index (χ4v) is 3.26. The van der Waals surface area contributed by atoms with Gasteiger partial charge in [-0.15, -0.1) is 11.3 Å². The quantitative estimate of drug-likeness (QED) is 0.658. The zero-order chi connectivity index (χ0) is 17.2. The van der Waals surface area contributed by atoms with E-state index >= 15 is 0 Å². The van der Waals surface area contributed by atoms with Crippen molar-refractivity contribution in [3.63, 3.8) is 0 Å². The summed E-state index contributed by atoms with van der Waals surface area (Å²) in [5.41, 5.74) is 3.43. The predicted molar refractivity (Wildman–Crippen MR) is 94.0 cm³/mol. The lowest BCUT2D eigenvalue weighted by atomic mass is 10.2. The topological polar surface area (TPSA) is 57.7 Å². The Morgan fingerprint density at radius 2 is 1.96 bits per heavy atom. The van der Waals surface area contributed by atoms with Gasteiger partial charge >= 0.3 is 5.97 Å². The minimum atomic E-state index is -0.414. The van der Waals surface area contributed by atoms with E-state index in [1.165, 1.54) is 16.9 Å². The molecule has 126 valence electrons. The molecule has 1 aliphatic rings. The van der Waals surface area contributed by atoms with Crippen molar-refractivity contribution in [2.45, 2.75) is 13.5 Å². The molecule has 0 saturated heterocycles. The Morgan fingerprint density at radius 1 is 1.16 bits per heavy atom. The number of carbonyl (C=O) groups excluding carboxylic acids is 1. The molecule has 0 fully saturated rings. The number of aryl methyl sites for hydroxylation is 1. The molecule has 6 heteroatoms. The Kier molecular flexibility index (Phi) is 4.11. The van der Waals surface area contributed by atoms with E-state index in [4.69, 9.17) is 14.2 Å². The normalized spacial score (nSPS) is 12.2. The predicted octanol–water partition coefficient (Wildman–Crippen LogP) is 4.20. The first-order valence-electron chi connectivity index (χ1n) is 7.77. The number of ether oxygens (including phenoxy) is 3. The lowest BCUT2D eigenvalue weighted by Gasteiger charge is -2.04. The highest BCUT2D eigenvalue weighted by molar-refractivity contribution is 7.13. The molecule has 2 aromatic carbocycles. The van der Waals surface area contributed by atoms with E-state index < -0.39 is 5.97 Å². The summed E-state index contributed by atoms with van der Waals surface area (Å²) in [6, 6.07) is 13.2. The SMILES string of the molecule is Cc1ccc(-c2nc(COC(=O)c3ccc4c(c3)OCO4)cs2)cc1. The summed E-state index contributed by atoms with van der Waals surface area (Å²) < 4.78 is 15.9. The van der Waals surface area contributed by atoms with Crippen molar-refractivity contribution in [2.24, 2.45) is 0 Å². The third kappa shape index (κ3) is 3.34. The zero-order valence-electron chi connectivity index (χ0n) is 13.5. The first-order chi connectivity index (χ1) is 12.2. The molecule has 0 unspecified atom stereocenters. The van der Waals surface area contributed by atoms with Gasteiger partial charge in [0.1, 0.15) is 11.6 Å². The van der Waals surface area contributed by atoms with Crippen molar-refractivity contribution in [1.29, 1.82) is 0 Å². The van der Waals surface area contributed by atoms with Crippen molar-refractivity contribution in [3.05, 3.63) is 64.7 Å². The third-order valence-electron chi connectivity index (χ3n) is 3.81. The van der Waals surface area contributed by atoms with Crippen LogP contribution < -0.4 is 9.47 Å². The van der Waals surface area contributed by atoms with Crippen LogP contribution in [-0.2, 0) is 11.3 Å². The molecule has 0 radical (unpaired) electrons. The first kappa shape index (κ1) is 15.7. The van der Waals surface area contributed by atoms with Crippen LogP contribution >= 0.6 is 11.3 Å². The van der Waals surface area contributed by atoms with E-state index in [1.54, 1.807) is 18.2 Å². The number of benzene rings is 2. The molecule has 0 aliphatic carbocycles. The molecular weight excluding hydrogens is 338 g/mol. The molecule has 0 N–H and O–H groups in total. The van der Waals surface area contributed by atoms with Gasteiger partial charge in [0.05, 0.1) is 11.3 Å². The first-order valence-corrected chi connectivity index (χ1v) is 8.65. The maximum absolute atomic E-state index is 12.2. The van der Waals surface area contributed by atoms with Gasteiger partial charge in [0, 0.05) is 10.9 Å². The number of hydrogen-bond acceptors (Lipinski definition) is 6. The minimum absolute atomic E-state index is 0.135. The van der Waals surface area contributed by atoms with Crippen LogP contribution in [0.15, 0.2) is 47.8 Å². The van der Waals surface area contributed by atoms with Crippen molar-refractivity contribution >= 4 is 17.3 Å². The highest BCUT2D eigenvalue weighted by Gasteiger charge is 2.17. The van der Waals surface area contributed by atoms with Gasteiger partial charge in [-0.1, -0.05) is 29.8 Å². The van der Waals surface area contributed by atoms with Crippen LogP contribution in [0.5, 0.6) is 11.5 Å². The molecule has 5 nitrogen and oxygen atoms in total. The lowest BCUT2D eigenvalue weighted by molar-refractivity contribution is 0.0468. The van der Waals surface area contributed by atoms with Gasteiger partial charge in [-0.05, 0) is 25.1 Å². The van der Waals surface area contributed by atoms with E-state index in [0.717, 1.165) is 16.3 Å². The Labute approximate surface area is 148 Å². The zero-order valence-corrected chi connectivity index (χ0v) is 14.3. The van der Waals surface area contributed by atoms with Crippen molar-refractivity contribution < 1.29 is 19.0 Å². The molecular formula is C19H15NO4S. The molecule has 2 heterocycles. The van der Waals surface area contributed by atoms with Gasteiger partial charge in [-0.3, -0.25) is 0 Å². The molecule has 0 amide bonds. The molecule has 0 bridgehead atoms. The average molecular weight is 353 g/mol. The van der Waals surface area contributed by atoms with Crippen LogP contribution in [0.1, 0.15) is 21.6 Å². The Bertz CT molecular complexity index is 917. The van der Waals surface area contributed by atoms with Crippen LogP contribution in [0, 0.1) is 6.92 Å². The standard InChI is InChI=1S/C19H15NO4S/c1-12-2-4-13(5-3-12)18-20-15(10-25-18)9-22-19(21)14-6-7-16-17(8-14)24-11-23-16/h2-8,10H,9,11H2,1H3. The fraction of sp³-hybridized carbons (Fsp3) is 0.158. The summed E-state index contributed by atoms with van der Waals surface area (Å²) in [5, 5.41) is 2.82. The fourth-order valence-electron chi connectivity index (χ4n) is 2.45. The van der Waals surface area contributed by atoms with Crippen molar-refractivity contribution in [2.75, 3.05) is 6.79 Å². The van der Waals surface area contributed by atoms with Crippen LogP contribution in [0.2, 0.25) is 0 Å². The average Bonchev–Trinajstić information content (AvgIpc) is 3.29. The highest BCUT2D eigenvalue weighted by Crippen LogP contribution is 2.32.